The first-order valence-corrected chi connectivity index (χ1v) is 6.39. The van der Waals surface area contributed by atoms with E-state index in [0.717, 1.165) is 5.56 Å². The lowest BCUT2D eigenvalue weighted by Gasteiger charge is -2.02. The molecule has 17 heavy (non-hydrogen) atoms. The number of unbranched alkanes of at least 4 members (excludes halogenated alkanes) is 3. The molecule has 2 heteroatoms. The fourth-order valence-electron chi connectivity index (χ4n) is 1.94. The quantitative estimate of drug-likeness (QED) is 0.683. The highest BCUT2D eigenvalue weighted by molar-refractivity contribution is 5.53. The van der Waals surface area contributed by atoms with E-state index < -0.39 is 0 Å². The van der Waals surface area contributed by atoms with E-state index in [1.807, 2.05) is 0 Å². The minimum absolute atomic E-state index is 0.697. The molecule has 0 spiro atoms. The molecule has 0 unspecified atom stereocenters. The molecule has 1 aromatic carbocycles. The van der Waals surface area contributed by atoms with Crippen molar-refractivity contribution in [3.05, 3.63) is 42.3 Å². The van der Waals surface area contributed by atoms with Crippen LogP contribution in [-0.2, 0) is 6.42 Å². The van der Waals surface area contributed by atoms with Gasteiger partial charge in [0.25, 0.3) is 0 Å². The van der Waals surface area contributed by atoms with Crippen LogP contribution in [0.15, 0.2) is 41.1 Å². The molecule has 2 aromatic rings. The third kappa shape index (κ3) is 3.45. The van der Waals surface area contributed by atoms with Crippen molar-refractivity contribution in [2.45, 2.75) is 39.0 Å². The van der Waals surface area contributed by atoms with Gasteiger partial charge in [0.05, 0.1) is 6.20 Å². The van der Waals surface area contributed by atoms with Crippen LogP contribution in [0.5, 0.6) is 0 Å². The number of rotatable bonds is 6. The Morgan fingerprint density at radius 3 is 2.53 bits per heavy atom. The fourth-order valence-corrected chi connectivity index (χ4v) is 1.94. The lowest BCUT2D eigenvalue weighted by atomic mass is 10.0. The summed E-state index contributed by atoms with van der Waals surface area (Å²) in [4.78, 5) is 4.14. The first-order chi connectivity index (χ1) is 8.40. The molecule has 2 rings (SSSR count). The maximum atomic E-state index is 5.26. The lowest BCUT2D eigenvalue weighted by molar-refractivity contribution is 0.574. The summed E-state index contributed by atoms with van der Waals surface area (Å²) in [6, 6.07) is 8.51. The van der Waals surface area contributed by atoms with E-state index in [2.05, 4.69) is 36.2 Å². The van der Waals surface area contributed by atoms with Gasteiger partial charge in [-0.2, -0.15) is 0 Å². The number of hydrogen-bond donors (Lipinski definition) is 0. The first-order valence-electron chi connectivity index (χ1n) is 6.39. The SMILES string of the molecule is CCCCCCc1ccc(-c2ncco2)cc1. The average molecular weight is 229 g/mol. The van der Waals surface area contributed by atoms with Gasteiger partial charge in [-0.25, -0.2) is 4.98 Å². The van der Waals surface area contributed by atoms with E-state index in [4.69, 9.17) is 4.42 Å². The number of hydrogen-bond acceptors (Lipinski definition) is 2. The topological polar surface area (TPSA) is 26.0 Å². The third-order valence-electron chi connectivity index (χ3n) is 2.95. The van der Waals surface area contributed by atoms with Crippen LogP contribution in [0.3, 0.4) is 0 Å². The number of benzene rings is 1. The highest BCUT2D eigenvalue weighted by Gasteiger charge is 2.01. The molecular weight excluding hydrogens is 210 g/mol. The Bertz CT molecular complexity index is 417. The summed E-state index contributed by atoms with van der Waals surface area (Å²) in [7, 11) is 0. The van der Waals surface area contributed by atoms with Crippen molar-refractivity contribution in [1.82, 2.24) is 4.98 Å². The van der Waals surface area contributed by atoms with Gasteiger partial charge >= 0.3 is 0 Å². The highest BCUT2D eigenvalue weighted by Crippen LogP contribution is 2.18. The standard InChI is InChI=1S/C15H19NO/c1-2-3-4-5-6-13-7-9-14(10-8-13)15-16-11-12-17-15/h7-12H,2-6H2,1H3. The Hall–Kier alpha value is -1.57. The zero-order chi connectivity index (χ0) is 11.9. The van der Waals surface area contributed by atoms with Crippen LogP contribution in [-0.4, -0.2) is 4.98 Å². The monoisotopic (exact) mass is 229 g/mol. The van der Waals surface area contributed by atoms with Crippen LogP contribution >= 0.6 is 0 Å². The molecular formula is C15H19NO. The Kier molecular flexibility index (Phi) is 4.37. The normalized spacial score (nSPS) is 10.6. The van der Waals surface area contributed by atoms with Crippen molar-refractivity contribution in [3.8, 4) is 11.5 Å². The average Bonchev–Trinajstić information content (AvgIpc) is 2.89. The predicted octanol–water partition coefficient (Wildman–Crippen LogP) is 4.46. The summed E-state index contributed by atoms with van der Waals surface area (Å²) in [5.74, 6) is 0.697. The van der Waals surface area contributed by atoms with Gasteiger partial charge in [-0.1, -0.05) is 38.3 Å². The lowest BCUT2D eigenvalue weighted by Crippen LogP contribution is -1.86. The molecule has 1 aromatic heterocycles. The van der Waals surface area contributed by atoms with E-state index in [-0.39, 0.29) is 0 Å². The summed E-state index contributed by atoms with van der Waals surface area (Å²) in [5, 5.41) is 0. The van der Waals surface area contributed by atoms with Crippen LogP contribution in [0.4, 0.5) is 0 Å². The van der Waals surface area contributed by atoms with Crippen LogP contribution < -0.4 is 0 Å². The van der Waals surface area contributed by atoms with Gasteiger partial charge in [0.2, 0.25) is 5.89 Å². The van der Waals surface area contributed by atoms with Gasteiger partial charge in [0.15, 0.2) is 0 Å². The van der Waals surface area contributed by atoms with E-state index in [1.54, 1.807) is 12.5 Å². The summed E-state index contributed by atoms with van der Waals surface area (Å²) >= 11 is 0. The zero-order valence-electron chi connectivity index (χ0n) is 10.4. The van der Waals surface area contributed by atoms with Gasteiger partial charge in [-0.05, 0) is 30.5 Å². The number of oxazole rings is 1. The predicted molar refractivity (Wildman–Crippen MR) is 69.8 cm³/mol. The van der Waals surface area contributed by atoms with E-state index in [0.29, 0.717) is 5.89 Å². The Balaban J connectivity index is 1.90. The fraction of sp³-hybridized carbons (Fsp3) is 0.400. The summed E-state index contributed by atoms with van der Waals surface area (Å²) in [5.41, 5.74) is 2.45. The van der Waals surface area contributed by atoms with Gasteiger partial charge in [-0.3, -0.25) is 0 Å². The van der Waals surface area contributed by atoms with Crippen molar-refractivity contribution in [1.29, 1.82) is 0 Å². The summed E-state index contributed by atoms with van der Waals surface area (Å²) in [6.45, 7) is 2.24. The molecule has 0 atom stereocenters. The van der Waals surface area contributed by atoms with Crippen molar-refractivity contribution in [2.24, 2.45) is 0 Å². The highest BCUT2D eigenvalue weighted by atomic mass is 16.3. The Labute approximate surface area is 103 Å². The molecule has 0 saturated heterocycles. The second kappa shape index (κ2) is 6.24. The van der Waals surface area contributed by atoms with Crippen LogP contribution in [0.25, 0.3) is 11.5 Å². The molecule has 0 aliphatic carbocycles. The van der Waals surface area contributed by atoms with Crippen LogP contribution in [0.1, 0.15) is 38.2 Å². The minimum Gasteiger partial charge on any atom is -0.445 e. The maximum absolute atomic E-state index is 5.26. The molecule has 0 fully saturated rings. The van der Waals surface area contributed by atoms with E-state index >= 15 is 0 Å². The number of aromatic nitrogens is 1. The van der Waals surface area contributed by atoms with Crippen molar-refractivity contribution >= 4 is 0 Å². The van der Waals surface area contributed by atoms with Crippen LogP contribution in [0.2, 0.25) is 0 Å². The molecule has 90 valence electrons. The van der Waals surface area contributed by atoms with Crippen LogP contribution in [0, 0.1) is 0 Å². The molecule has 2 nitrogen and oxygen atoms in total. The molecule has 1 heterocycles. The largest absolute Gasteiger partial charge is 0.445 e. The molecule has 0 aliphatic rings. The number of aryl methyl sites for hydroxylation is 1. The molecule has 0 N–H and O–H groups in total. The van der Waals surface area contributed by atoms with Gasteiger partial charge < -0.3 is 4.42 Å². The minimum atomic E-state index is 0.697. The second-order valence-corrected chi connectivity index (χ2v) is 4.34. The smallest absolute Gasteiger partial charge is 0.225 e. The third-order valence-corrected chi connectivity index (χ3v) is 2.95. The molecule has 0 bridgehead atoms. The second-order valence-electron chi connectivity index (χ2n) is 4.34. The molecule has 0 radical (unpaired) electrons. The van der Waals surface area contributed by atoms with Crippen molar-refractivity contribution < 1.29 is 4.42 Å². The molecule has 0 saturated carbocycles. The van der Waals surface area contributed by atoms with Gasteiger partial charge in [0, 0.05) is 5.56 Å². The summed E-state index contributed by atoms with van der Waals surface area (Å²) < 4.78 is 5.26. The van der Waals surface area contributed by atoms with Gasteiger partial charge in [0.1, 0.15) is 6.26 Å². The molecule has 0 aliphatic heterocycles. The van der Waals surface area contributed by atoms with E-state index in [1.165, 1.54) is 37.7 Å². The zero-order valence-corrected chi connectivity index (χ0v) is 10.4. The Morgan fingerprint density at radius 1 is 1.06 bits per heavy atom. The van der Waals surface area contributed by atoms with Gasteiger partial charge in [-0.15, -0.1) is 0 Å². The maximum Gasteiger partial charge on any atom is 0.225 e. The Morgan fingerprint density at radius 2 is 1.88 bits per heavy atom. The summed E-state index contributed by atoms with van der Waals surface area (Å²) in [6.07, 6.45) is 9.70. The first kappa shape index (κ1) is 11.9. The number of nitrogens with zero attached hydrogens (tertiary/aromatic N) is 1. The molecule has 0 amide bonds. The van der Waals surface area contributed by atoms with Crippen molar-refractivity contribution in [2.75, 3.05) is 0 Å². The van der Waals surface area contributed by atoms with Crippen molar-refractivity contribution in [3.63, 3.8) is 0 Å². The van der Waals surface area contributed by atoms with E-state index in [9.17, 15) is 0 Å².